The third-order valence-electron chi connectivity index (χ3n) is 5.96. The Balaban J connectivity index is 1.09. The molecule has 2 aromatic rings. The van der Waals surface area contributed by atoms with Crippen molar-refractivity contribution in [2.24, 2.45) is 0 Å². The molecule has 0 N–H and O–H groups in total. The Morgan fingerprint density at radius 3 is 2.54 bits per heavy atom. The Labute approximate surface area is 154 Å². The maximum atomic E-state index is 4.79. The molecule has 3 aliphatic heterocycles. The van der Waals surface area contributed by atoms with Crippen molar-refractivity contribution in [2.45, 2.75) is 38.4 Å². The fraction of sp³-hybridized carbons (Fsp3) is 0.632. The second-order valence-electron chi connectivity index (χ2n) is 7.73. The number of piperazine rings is 1. The molecule has 3 aliphatic rings. The van der Waals surface area contributed by atoms with Crippen LogP contribution in [-0.2, 0) is 19.5 Å². The lowest BCUT2D eigenvalue weighted by atomic mass is 10.1. The van der Waals surface area contributed by atoms with Gasteiger partial charge in [-0.1, -0.05) is 0 Å². The highest BCUT2D eigenvalue weighted by atomic mass is 15.4. The number of hydrogen-bond donors (Lipinski definition) is 0. The summed E-state index contributed by atoms with van der Waals surface area (Å²) >= 11 is 0. The first kappa shape index (κ1) is 16.2. The van der Waals surface area contributed by atoms with Crippen molar-refractivity contribution in [1.82, 2.24) is 29.5 Å². The summed E-state index contributed by atoms with van der Waals surface area (Å²) in [5.74, 6) is 0.867. The molecule has 0 bridgehead atoms. The minimum absolute atomic E-state index is 0.700. The molecular formula is C19H27N7. The number of anilines is 1. The van der Waals surface area contributed by atoms with Gasteiger partial charge in [-0.15, -0.1) is 0 Å². The van der Waals surface area contributed by atoms with Crippen LogP contribution in [0.2, 0.25) is 0 Å². The van der Waals surface area contributed by atoms with E-state index in [1.54, 1.807) is 0 Å². The second kappa shape index (κ2) is 6.96. The first-order valence-electron chi connectivity index (χ1n) is 9.89. The van der Waals surface area contributed by atoms with E-state index in [4.69, 9.17) is 5.10 Å². The summed E-state index contributed by atoms with van der Waals surface area (Å²) in [7, 11) is 0. The fourth-order valence-corrected chi connectivity index (χ4v) is 4.43. The first-order chi connectivity index (χ1) is 12.8. The average molecular weight is 353 g/mol. The lowest BCUT2D eigenvalue weighted by molar-refractivity contribution is 0.0246. The molecule has 0 saturated carbocycles. The molecule has 0 spiro atoms. The summed E-state index contributed by atoms with van der Waals surface area (Å²) in [6.07, 6.45) is 7.44. The number of rotatable bonds is 4. The first-order valence-corrected chi connectivity index (χ1v) is 9.89. The molecule has 0 aliphatic carbocycles. The highest BCUT2D eigenvalue weighted by Crippen LogP contribution is 2.22. The van der Waals surface area contributed by atoms with E-state index in [1.165, 1.54) is 43.7 Å². The molecule has 7 heteroatoms. The minimum Gasteiger partial charge on any atom is -0.338 e. The normalized spacial score (nSPS) is 22.2. The number of fused-ring (bicyclic) bond motifs is 1. The third-order valence-corrected chi connectivity index (χ3v) is 5.96. The van der Waals surface area contributed by atoms with Gasteiger partial charge in [0, 0.05) is 76.5 Å². The zero-order chi connectivity index (χ0) is 17.3. The van der Waals surface area contributed by atoms with Gasteiger partial charge >= 0.3 is 0 Å². The van der Waals surface area contributed by atoms with Crippen molar-refractivity contribution in [2.75, 3.05) is 44.2 Å². The predicted molar refractivity (Wildman–Crippen MR) is 100 cm³/mol. The van der Waals surface area contributed by atoms with E-state index in [1.807, 2.05) is 18.5 Å². The third kappa shape index (κ3) is 3.21. The Hall–Kier alpha value is -1.99. The molecule has 138 valence electrons. The SMILES string of the molecule is c1cnc(N2CCN(C3CN(Cc4cc5n(n4)CCCC5)C3)CC2)nc1. The molecule has 7 nitrogen and oxygen atoms in total. The number of aryl methyl sites for hydroxylation is 2. The van der Waals surface area contributed by atoms with Crippen molar-refractivity contribution in [3.63, 3.8) is 0 Å². The van der Waals surface area contributed by atoms with Gasteiger partial charge < -0.3 is 4.90 Å². The molecule has 0 unspecified atom stereocenters. The van der Waals surface area contributed by atoms with E-state index in [0.717, 1.165) is 45.2 Å². The van der Waals surface area contributed by atoms with Crippen LogP contribution in [0.1, 0.15) is 24.2 Å². The van der Waals surface area contributed by atoms with Crippen LogP contribution in [0.4, 0.5) is 5.95 Å². The van der Waals surface area contributed by atoms with Gasteiger partial charge in [0.05, 0.1) is 5.69 Å². The van der Waals surface area contributed by atoms with Crippen LogP contribution in [-0.4, -0.2) is 74.9 Å². The molecular weight excluding hydrogens is 326 g/mol. The lowest BCUT2D eigenvalue weighted by Gasteiger charge is -2.48. The summed E-state index contributed by atoms with van der Waals surface area (Å²) in [5.41, 5.74) is 2.69. The van der Waals surface area contributed by atoms with Crippen molar-refractivity contribution in [3.8, 4) is 0 Å². The summed E-state index contributed by atoms with van der Waals surface area (Å²) in [4.78, 5) is 16.2. The van der Waals surface area contributed by atoms with Gasteiger partial charge in [-0.3, -0.25) is 14.5 Å². The Bertz CT molecular complexity index is 706. The Kier molecular flexibility index (Phi) is 4.34. The summed E-state index contributed by atoms with van der Waals surface area (Å²) in [6, 6.07) is 4.90. The van der Waals surface area contributed by atoms with Crippen LogP contribution in [0.3, 0.4) is 0 Å². The standard InChI is InChI=1S/C19H27N7/c1-2-7-26-17(4-1)12-16(22-26)13-23-14-18(15-23)24-8-10-25(11-9-24)19-20-5-3-6-21-19/h3,5-6,12,18H,1-2,4,7-11,13-15H2. The zero-order valence-corrected chi connectivity index (χ0v) is 15.3. The molecule has 0 atom stereocenters. The molecule has 0 radical (unpaired) electrons. The van der Waals surface area contributed by atoms with Crippen LogP contribution in [0.5, 0.6) is 0 Å². The summed E-state index contributed by atoms with van der Waals surface area (Å²) in [5, 5.41) is 4.79. The molecule has 0 amide bonds. The molecule has 0 aromatic carbocycles. The largest absolute Gasteiger partial charge is 0.338 e. The van der Waals surface area contributed by atoms with Gasteiger partial charge in [0.2, 0.25) is 5.95 Å². The fourth-order valence-electron chi connectivity index (χ4n) is 4.43. The van der Waals surface area contributed by atoms with E-state index >= 15 is 0 Å². The maximum absolute atomic E-state index is 4.79. The van der Waals surface area contributed by atoms with Crippen LogP contribution in [0.25, 0.3) is 0 Å². The van der Waals surface area contributed by atoms with E-state index in [9.17, 15) is 0 Å². The average Bonchev–Trinajstić information content (AvgIpc) is 3.08. The van der Waals surface area contributed by atoms with Crippen molar-refractivity contribution in [3.05, 3.63) is 35.9 Å². The number of nitrogens with zero attached hydrogens (tertiary/aromatic N) is 7. The van der Waals surface area contributed by atoms with E-state index in [-0.39, 0.29) is 0 Å². The molecule has 2 fully saturated rings. The van der Waals surface area contributed by atoms with Gasteiger partial charge in [0.1, 0.15) is 0 Å². The molecule has 26 heavy (non-hydrogen) atoms. The summed E-state index contributed by atoms with van der Waals surface area (Å²) < 4.78 is 2.22. The number of aromatic nitrogens is 4. The van der Waals surface area contributed by atoms with Crippen molar-refractivity contribution >= 4 is 5.95 Å². The smallest absolute Gasteiger partial charge is 0.225 e. The second-order valence-corrected chi connectivity index (χ2v) is 7.73. The highest BCUT2D eigenvalue weighted by molar-refractivity contribution is 5.29. The minimum atomic E-state index is 0.700. The van der Waals surface area contributed by atoms with Crippen molar-refractivity contribution in [1.29, 1.82) is 0 Å². The Morgan fingerprint density at radius 1 is 0.962 bits per heavy atom. The zero-order valence-electron chi connectivity index (χ0n) is 15.3. The van der Waals surface area contributed by atoms with E-state index < -0.39 is 0 Å². The number of likely N-dealkylation sites (tertiary alicyclic amines) is 1. The van der Waals surface area contributed by atoms with Crippen LogP contribution in [0, 0.1) is 0 Å². The van der Waals surface area contributed by atoms with E-state index in [2.05, 4.69) is 35.4 Å². The van der Waals surface area contributed by atoms with Crippen LogP contribution < -0.4 is 4.90 Å². The van der Waals surface area contributed by atoms with Crippen LogP contribution >= 0.6 is 0 Å². The molecule has 5 heterocycles. The lowest BCUT2D eigenvalue weighted by Crippen LogP contribution is -2.62. The summed E-state index contributed by atoms with van der Waals surface area (Å²) in [6.45, 7) is 8.71. The van der Waals surface area contributed by atoms with E-state index in [0.29, 0.717) is 6.04 Å². The number of hydrogen-bond acceptors (Lipinski definition) is 6. The van der Waals surface area contributed by atoms with Crippen LogP contribution in [0.15, 0.2) is 24.5 Å². The quantitative estimate of drug-likeness (QED) is 0.818. The maximum Gasteiger partial charge on any atom is 0.225 e. The molecule has 2 saturated heterocycles. The van der Waals surface area contributed by atoms with Gasteiger partial charge in [0.25, 0.3) is 0 Å². The van der Waals surface area contributed by atoms with Gasteiger partial charge in [-0.05, 0) is 31.4 Å². The van der Waals surface area contributed by atoms with Gasteiger partial charge in [-0.2, -0.15) is 5.10 Å². The van der Waals surface area contributed by atoms with Gasteiger partial charge in [0.15, 0.2) is 0 Å². The Morgan fingerprint density at radius 2 is 1.77 bits per heavy atom. The predicted octanol–water partition coefficient (Wildman–Crippen LogP) is 1.02. The monoisotopic (exact) mass is 353 g/mol. The molecule has 2 aromatic heterocycles. The molecule has 5 rings (SSSR count). The van der Waals surface area contributed by atoms with Gasteiger partial charge in [-0.25, -0.2) is 9.97 Å². The van der Waals surface area contributed by atoms with Crippen molar-refractivity contribution < 1.29 is 0 Å². The topological polar surface area (TPSA) is 53.3 Å². The highest BCUT2D eigenvalue weighted by Gasteiger charge is 2.34.